The third-order valence-electron chi connectivity index (χ3n) is 3.47. The summed E-state index contributed by atoms with van der Waals surface area (Å²) in [4.78, 5) is 2.55. The molecule has 2 fully saturated rings. The Kier molecular flexibility index (Phi) is 2.66. The standard InChI is InChI=1S/C10H19NS/c1-8(12)11-7-9-5-3-2-4-6-10(9)11/h8-10,12H,2-7H2,1H3. The summed E-state index contributed by atoms with van der Waals surface area (Å²) in [6.07, 6.45) is 7.27. The van der Waals surface area contributed by atoms with Crippen molar-refractivity contribution in [2.75, 3.05) is 6.54 Å². The van der Waals surface area contributed by atoms with Crippen molar-refractivity contribution in [3.63, 3.8) is 0 Å². The first-order chi connectivity index (χ1) is 5.79. The van der Waals surface area contributed by atoms with Gasteiger partial charge in [0.15, 0.2) is 0 Å². The molecule has 3 unspecified atom stereocenters. The van der Waals surface area contributed by atoms with Gasteiger partial charge in [-0.05, 0) is 25.7 Å². The quantitative estimate of drug-likeness (QED) is 0.614. The van der Waals surface area contributed by atoms with E-state index in [1.807, 2.05) is 0 Å². The lowest BCUT2D eigenvalue weighted by Crippen LogP contribution is -2.57. The highest BCUT2D eigenvalue weighted by Crippen LogP contribution is 2.37. The van der Waals surface area contributed by atoms with Crippen molar-refractivity contribution in [1.29, 1.82) is 0 Å². The van der Waals surface area contributed by atoms with Crippen LogP contribution in [-0.2, 0) is 0 Å². The number of hydrogen-bond donors (Lipinski definition) is 1. The molecule has 12 heavy (non-hydrogen) atoms. The van der Waals surface area contributed by atoms with E-state index in [-0.39, 0.29) is 0 Å². The zero-order valence-corrected chi connectivity index (χ0v) is 8.76. The Hall–Kier alpha value is 0.310. The van der Waals surface area contributed by atoms with Gasteiger partial charge in [-0.25, -0.2) is 0 Å². The van der Waals surface area contributed by atoms with Crippen LogP contribution in [0, 0.1) is 5.92 Å². The Morgan fingerprint density at radius 3 is 2.75 bits per heavy atom. The van der Waals surface area contributed by atoms with E-state index in [4.69, 9.17) is 0 Å². The van der Waals surface area contributed by atoms with Crippen LogP contribution in [0.1, 0.15) is 39.0 Å². The Bertz CT molecular complexity index is 158. The maximum Gasteiger partial charge on any atom is 0.0502 e. The van der Waals surface area contributed by atoms with Gasteiger partial charge in [0, 0.05) is 12.6 Å². The molecule has 1 saturated carbocycles. The lowest BCUT2D eigenvalue weighted by atomic mass is 9.85. The molecule has 1 heterocycles. The molecule has 0 radical (unpaired) electrons. The largest absolute Gasteiger partial charge is 0.288 e. The summed E-state index contributed by atoms with van der Waals surface area (Å²) in [6.45, 7) is 3.51. The topological polar surface area (TPSA) is 3.24 Å². The molecule has 0 spiro atoms. The SMILES string of the molecule is CC(S)N1CC2CCCCCC21. The molecule has 2 rings (SSSR count). The molecule has 1 nitrogen and oxygen atoms in total. The monoisotopic (exact) mass is 185 g/mol. The zero-order valence-electron chi connectivity index (χ0n) is 7.87. The molecule has 0 amide bonds. The summed E-state index contributed by atoms with van der Waals surface area (Å²) >= 11 is 4.50. The van der Waals surface area contributed by atoms with Crippen LogP contribution in [0.4, 0.5) is 0 Å². The van der Waals surface area contributed by atoms with Crippen molar-refractivity contribution in [2.24, 2.45) is 5.92 Å². The van der Waals surface area contributed by atoms with Crippen LogP contribution in [-0.4, -0.2) is 22.9 Å². The number of hydrogen-bond acceptors (Lipinski definition) is 2. The Morgan fingerprint density at radius 2 is 2.00 bits per heavy atom. The smallest absolute Gasteiger partial charge is 0.0502 e. The van der Waals surface area contributed by atoms with Crippen molar-refractivity contribution < 1.29 is 0 Å². The molecule has 1 aliphatic heterocycles. The van der Waals surface area contributed by atoms with E-state index < -0.39 is 0 Å². The number of rotatable bonds is 1. The van der Waals surface area contributed by atoms with Crippen LogP contribution in [0.25, 0.3) is 0 Å². The Morgan fingerprint density at radius 1 is 1.25 bits per heavy atom. The van der Waals surface area contributed by atoms with E-state index in [0.29, 0.717) is 5.37 Å². The molecule has 70 valence electrons. The van der Waals surface area contributed by atoms with Gasteiger partial charge in [0.05, 0.1) is 5.37 Å². The maximum absolute atomic E-state index is 4.50. The van der Waals surface area contributed by atoms with Crippen molar-refractivity contribution in [3.05, 3.63) is 0 Å². The van der Waals surface area contributed by atoms with Crippen molar-refractivity contribution in [3.8, 4) is 0 Å². The first-order valence-corrected chi connectivity index (χ1v) is 5.74. The molecule has 0 aromatic heterocycles. The minimum absolute atomic E-state index is 0.476. The first-order valence-electron chi connectivity index (χ1n) is 5.23. The lowest BCUT2D eigenvalue weighted by Gasteiger charge is -2.49. The Labute approximate surface area is 80.9 Å². The van der Waals surface area contributed by atoms with E-state index in [0.717, 1.165) is 12.0 Å². The van der Waals surface area contributed by atoms with E-state index in [9.17, 15) is 0 Å². The van der Waals surface area contributed by atoms with Crippen LogP contribution < -0.4 is 0 Å². The molecule has 2 aliphatic rings. The van der Waals surface area contributed by atoms with Gasteiger partial charge in [-0.3, -0.25) is 4.90 Å². The normalized spacial score (nSPS) is 39.5. The second-order valence-corrected chi connectivity index (χ2v) is 5.04. The van der Waals surface area contributed by atoms with Crippen LogP contribution in [0.2, 0.25) is 0 Å². The van der Waals surface area contributed by atoms with Gasteiger partial charge in [-0.15, -0.1) is 0 Å². The van der Waals surface area contributed by atoms with Gasteiger partial charge in [0.1, 0.15) is 0 Å². The van der Waals surface area contributed by atoms with Gasteiger partial charge >= 0.3 is 0 Å². The van der Waals surface area contributed by atoms with Gasteiger partial charge < -0.3 is 0 Å². The molecule has 0 bridgehead atoms. The van der Waals surface area contributed by atoms with Crippen LogP contribution in [0.5, 0.6) is 0 Å². The van der Waals surface area contributed by atoms with Crippen molar-refractivity contribution >= 4 is 12.6 Å². The average molecular weight is 185 g/mol. The zero-order chi connectivity index (χ0) is 8.55. The summed E-state index contributed by atoms with van der Waals surface area (Å²) in [5.74, 6) is 1.02. The van der Waals surface area contributed by atoms with Gasteiger partial charge in [-0.1, -0.05) is 19.3 Å². The molecule has 2 heteroatoms. The predicted octanol–water partition coefficient (Wildman–Crippen LogP) is 2.53. The minimum Gasteiger partial charge on any atom is -0.288 e. The molecule has 0 aromatic rings. The molecule has 0 aromatic carbocycles. The number of fused-ring (bicyclic) bond motifs is 1. The van der Waals surface area contributed by atoms with Gasteiger partial charge in [-0.2, -0.15) is 12.6 Å². The van der Waals surface area contributed by atoms with Crippen LogP contribution in [0.3, 0.4) is 0 Å². The summed E-state index contributed by atoms with van der Waals surface area (Å²) in [5.41, 5.74) is 0. The van der Waals surface area contributed by atoms with E-state index >= 15 is 0 Å². The number of likely N-dealkylation sites (tertiary alicyclic amines) is 1. The highest BCUT2D eigenvalue weighted by atomic mass is 32.1. The second-order valence-electron chi connectivity index (χ2n) is 4.29. The fourth-order valence-corrected chi connectivity index (χ4v) is 2.98. The summed E-state index contributed by atoms with van der Waals surface area (Å²) in [6, 6.07) is 0.889. The third kappa shape index (κ3) is 1.51. The molecular formula is C10H19NS. The van der Waals surface area contributed by atoms with E-state index in [1.165, 1.54) is 38.6 Å². The minimum atomic E-state index is 0.476. The summed E-state index contributed by atoms with van der Waals surface area (Å²) in [7, 11) is 0. The van der Waals surface area contributed by atoms with Gasteiger partial charge in [0.25, 0.3) is 0 Å². The van der Waals surface area contributed by atoms with Crippen molar-refractivity contribution in [2.45, 2.75) is 50.4 Å². The second kappa shape index (κ2) is 3.59. The van der Waals surface area contributed by atoms with E-state index in [1.54, 1.807) is 0 Å². The fourth-order valence-electron chi connectivity index (χ4n) is 2.71. The average Bonchev–Trinajstić information content (AvgIpc) is 2.13. The van der Waals surface area contributed by atoms with E-state index in [2.05, 4.69) is 24.5 Å². The van der Waals surface area contributed by atoms with Gasteiger partial charge in [0.2, 0.25) is 0 Å². The Balaban J connectivity index is 1.92. The lowest BCUT2D eigenvalue weighted by molar-refractivity contribution is 0.00558. The van der Waals surface area contributed by atoms with Crippen LogP contribution >= 0.6 is 12.6 Å². The number of thiol groups is 1. The molecule has 0 N–H and O–H groups in total. The molecule has 3 atom stereocenters. The van der Waals surface area contributed by atoms with Crippen molar-refractivity contribution in [1.82, 2.24) is 4.90 Å². The maximum atomic E-state index is 4.50. The highest BCUT2D eigenvalue weighted by molar-refractivity contribution is 7.80. The number of nitrogens with zero attached hydrogens (tertiary/aromatic N) is 1. The van der Waals surface area contributed by atoms with Crippen LogP contribution in [0.15, 0.2) is 0 Å². The first kappa shape index (κ1) is 8.89. The highest BCUT2D eigenvalue weighted by Gasteiger charge is 2.40. The predicted molar refractivity (Wildman–Crippen MR) is 55.5 cm³/mol. The molecular weight excluding hydrogens is 166 g/mol. The molecule has 1 saturated heterocycles. The molecule has 1 aliphatic carbocycles. The fraction of sp³-hybridized carbons (Fsp3) is 1.00. The third-order valence-corrected chi connectivity index (χ3v) is 3.77. The summed E-state index contributed by atoms with van der Waals surface area (Å²) < 4.78 is 0. The summed E-state index contributed by atoms with van der Waals surface area (Å²) in [5, 5.41) is 0.476.